The Labute approximate surface area is 178 Å². The van der Waals surface area contributed by atoms with Gasteiger partial charge in [0.1, 0.15) is 11.6 Å². The third-order valence-electron chi connectivity index (χ3n) is 5.90. The van der Waals surface area contributed by atoms with E-state index in [9.17, 15) is 13.6 Å². The lowest BCUT2D eigenvalue weighted by molar-refractivity contribution is 0.193. The van der Waals surface area contributed by atoms with Gasteiger partial charge >= 0.3 is 6.03 Å². The van der Waals surface area contributed by atoms with Gasteiger partial charge in [0, 0.05) is 28.8 Å². The minimum absolute atomic E-state index is 0.331. The number of H-pyrrole nitrogens is 1. The molecule has 1 aliphatic rings. The molecule has 2 heterocycles. The molecule has 1 aromatic heterocycles. The highest BCUT2D eigenvalue weighted by Crippen LogP contribution is 2.38. The second kappa shape index (κ2) is 7.54. The predicted octanol–water partition coefficient (Wildman–Crippen LogP) is 5.93. The Kier molecular flexibility index (Phi) is 4.70. The Morgan fingerprint density at radius 2 is 1.84 bits per heavy atom. The number of carbonyl (C=O) groups is 1. The number of urea groups is 1. The number of para-hydroxylation sites is 1. The smallest absolute Gasteiger partial charge is 0.322 e. The molecule has 2 amide bonds. The number of benzene rings is 3. The van der Waals surface area contributed by atoms with E-state index >= 15 is 0 Å². The molecule has 1 unspecified atom stereocenters. The third kappa shape index (κ3) is 3.44. The highest BCUT2D eigenvalue weighted by Gasteiger charge is 2.34. The number of anilines is 1. The van der Waals surface area contributed by atoms with Gasteiger partial charge in [0.25, 0.3) is 0 Å². The summed E-state index contributed by atoms with van der Waals surface area (Å²) in [4.78, 5) is 18.4. The number of nitrogens with one attached hydrogen (secondary N) is 2. The van der Waals surface area contributed by atoms with Crippen LogP contribution in [-0.4, -0.2) is 22.5 Å². The zero-order valence-corrected chi connectivity index (χ0v) is 17.0. The largest absolute Gasteiger partial charge is 0.356 e. The van der Waals surface area contributed by atoms with Gasteiger partial charge in [-0.15, -0.1) is 0 Å². The molecule has 0 fully saturated rings. The minimum atomic E-state index is -0.410. The van der Waals surface area contributed by atoms with Crippen molar-refractivity contribution in [3.63, 3.8) is 0 Å². The molecule has 4 aromatic rings. The first kappa shape index (κ1) is 19.3. The van der Waals surface area contributed by atoms with Crippen LogP contribution in [0.4, 0.5) is 19.3 Å². The topological polar surface area (TPSA) is 48.1 Å². The quantitative estimate of drug-likeness (QED) is 0.417. The fraction of sp³-hybridized carbons (Fsp3) is 0.160. The van der Waals surface area contributed by atoms with Gasteiger partial charge in [0.05, 0.1) is 6.04 Å². The molecule has 0 aliphatic carbocycles. The van der Waals surface area contributed by atoms with Gasteiger partial charge in [0.15, 0.2) is 0 Å². The van der Waals surface area contributed by atoms with Crippen LogP contribution in [0.2, 0.25) is 0 Å². The molecule has 0 radical (unpaired) electrons. The number of hydrogen-bond acceptors (Lipinski definition) is 1. The van der Waals surface area contributed by atoms with Crippen LogP contribution in [0, 0.1) is 18.6 Å². The molecule has 0 bridgehead atoms. The number of halogens is 2. The molecule has 5 rings (SSSR count). The number of amides is 2. The average molecular weight is 417 g/mol. The lowest BCUT2D eigenvalue weighted by Crippen LogP contribution is -2.43. The van der Waals surface area contributed by atoms with Gasteiger partial charge in [-0.2, -0.15) is 0 Å². The maximum absolute atomic E-state index is 14.0. The van der Waals surface area contributed by atoms with Gasteiger partial charge < -0.3 is 15.2 Å². The monoisotopic (exact) mass is 417 g/mol. The molecule has 0 saturated heterocycles. The zero-order valence-electron chi connectivity index (χ0n) is 17.0. The number of nitrogens with zero attached hydrogens (tertiary/aromatic N) is 1. The molecular formula is C25H21F2N3O. The molecule has 6 heteroatoms. The summed E-state index contributed by atoms with van der Waals surface area (Å²) in [5.41, 5.74) is 4.80. The van der Waals surface area contributed by atoms with E-state index in [4.69, 9.17) is 0 Å². The molecule has 0 spiro atoms. The summed E-state index contributed by atoms with van der Waals surface area (Å²) in [6.45, 7) is 2.16. The van der Waals surface area contributed by atoms with E-state index in [1.807, 2.05) is 18.2 Å². The SMILES string of the molecule is Cc1ccc(NC(=O)N2CCc3c([nH]c4ccccc34)C2c2ccc(F)cc2)cc1F. The second-order valence-electron chi connectivity index (χ2n) is 7.85. The number of aromatic amines is 1. The number of rotatable bonds is 2. The summed E-state index contributed by atoms with van der Waals surface area (Å²) in [6, 6.07) is 18.1. The van der Waals surface area contributed by atoms with E-state index in [0.29, 0.717) is 24.2 Å². The van der Waals surface area contributed by atoms with E-state index in [0.717, 1.165) is 27.7 Å². The molecule has 4 nitrogen and oxygen atoms in total. The van der Waals surface area contributed by atoms with E-state index in [-0.39, 0.29) is 17.7 Å². The van der Waals surface area contributed by atoms with Crippen LogP contribution < -0.4 is 5.32 Å². The van der Waals surface area contributed by atoms with Crippen LogP contribution in [0.3, 0.4) is 0 Å². The van der Waals surface area contributed by atoms with Crippen molar-refractivity contribution in [1.29, 1.82) is 0 Å². The average Bonchev–Trinajstić information content (AvgIpc) is 3.15. The van der Waals surface area contributed by atoms with E-state index in [1.165, 1.54) is 18.2 Å². The summed E-state index contributed by atoms with van der Waals surface area (Å²) in [5.74, 6) is -0.702. The zero-order chi connectivity index (χ0) is 21.5. The summed E-state index contributed by atoms with van der Waals surface area (Å²) in [5, 5.41) is 3.94. The van der Waals surface area contributed by atoms with Gasteiger partial charge in [-0.25, -0.2) is 13.6 Å². The van der Waals surface area contributed by atoms with Crippen LogP contribution in [0.1, 0.15) is 28.4 Å². The highest BCUT2D eigenvalue weighted by atomic mass is 19.1. The maximum atomic E-state index is 14.0. The number of aryl methyl sites for hydroxylation is 1. The first-order chi connectivity index (χ1) is 15.0. The maximum Gasteiger partial charge on any atom is 0.322 e. The van der Waals surface area contributed by atoms with Gasteiger partial charge in [0.2, 0.25) is 0 Å². The fourth-order valence-corrected chi connectivity index (χ4v) is 4.32. The van der Waals surface area contributed by atoms with Crippen LogP contribution >= 0.6 is 0 Å². The molecular weight excluding hydrogens is 396 g/mol. The first-order valence-corrected chi connectivity index (χ1v) is 10.2. The van der Waals surface area contributed by atoms with Crippen LogP contribution in [-0.2, 0) is 6.42 Å². The molecule has 156 valence electrons. The summed E-state index contributed by atoms with van der Waals surface area (Å²) < 4.78 is 27.6. The standard InChI is InChI=1S/C25H21F2N3O/c1-15-6-11-18(14-21(15)27)28-25(31)30-13-12-20-19-4-2-3-5-22(19)29-23(20)24(30)16-7-9-17(26)10-8-16/h2-11,14,24,29H,12-13H2,1H3,(H,28,31). The van der Waals surface area contributed by atoms with Crippen molar-refractivity contribution in [2.24, 2.45) is 0 Å². The second-order valence-corrected chi connectivity index (χ2v) is 7.85. The van der Waals surface area contributed by atoms with Gasteiger partial charge in [-0.05, 0) is 60.4 Å². The van der Waals surface area contributed by atoms with Crippen molar-refractivity contribution >= 4 is 22.6 Å². The molecule has 1 atom stereocenters. The van der Waals surface area contributed by atoms with Crippen molar-refractivity contribution in [3.8, 4) is 0 Å². The van der Waals surface area contributed by atoms with Crippen molar-refractivity contribution in [2.75, 3.05) is 11.9 Å². The van der Waals surface area contributed by atoms with E-state index in [2.05, 4.69) is 16.4 Å². The van der Waals surface area contributed by atoms with E-state index in [1.54, 1.807) is 36.1 Å². The summed E-state index contributed by atoms with van der Waals surface area (Å²) in [6.07, 6.45) is 0.687. The Balaban J connectivity index is 1.56. The van der Waals surface area contributed by atoms with Crippen molar-refractivity contribution in [3.05, 3.63) is 101 Å². The van der Waals surface area contributed by atoms with Gasteiger partial charge in [-0.3, -0.25) is 0 Å². The highest BCUT2D eigenvalue weighted by molar-refractivity contribution is 5.91. The molecule has 1 aliphatic heterocycles. The normalized spacial score (nSPS) is 15.7. The van der Waals surface area contributed by atoms with Crippen molar-refractivity contribution in [1.82, 2.24) is 9.88 Å². The Morgan fingerprint density at radius 3 is 2.61 bits per heavy atom. The number of carbonyl (C=O) groups excluding carboxylic acids is 1. The van der Waals surface area contributed by atoms with Crippen LogP contribution in [0.25, 0.3) is 10.9 Å². The van der Waals surface area contributed by atoms with Crippen LogP contribution in [0.15, 0.2) is 66.7 Å². The number of fused-ring (bicyclic) bond motifs is 3. The van der Waals surface area contributed by atoms with Crippen LogP contribution in [0.5, 0.6) is 0 Å². The van der Waals surface area contributed by atoms with Crippen molar-refractivity contribution in [2.45, 2.75) is 19.4 Å². The minimum Gasteiger partial charge on any atom is -0.356 e. The van der Waals surface area contributed by atoms with E-state index < -0.39 is 6.04 Å². The first-order valence-electron chi connectivity index (χ1n) is 10.2. The van der Waals surface area contributed by atoms with Crippen molar-refractivity contribution < 1.29 is 13.6 Å². The molecule has 0 saturated carbocycles. The third-order valence-corrected chi connectivity index (χ3v) is 5.90. The summed E-state index contributed by atoms with van der Waals surface area (Å²) in [7, 11) is 0. The molecule has 31 heavy (non-hydrogen) atoms. The van der Waals surface area contributed by atoms with Gasteiger partial charge in [-0.1, -0.05) is 36.4 Å². The Bertz CT molecular complexity index is 1280. The lowest BCUT2D eigenvalue weighted by atomic mass is 9.92. The number of hydrogen-bond donors (Lipinski definition) is 2. The number of aromatic nitrogens is 1. The predicted molar refractivity (Wildman–Crippen MR) is 117 cm³/mol. The Morgan fingerprint density at radius 1 is 1.06 bits per heavy atom. The molecule has 2 N–H and O–H groups in total. The molecule has 3 aromatic carbocycles. The fourth-order valence-electron chi connectivity index (χ4n) is 4.32. The lowest BCUT2D eigenvalue weighted by Gasteiger charge is -2.36. The summed E-state index contributed by atoms with van der Waals surface area (Å²) >= 11 is 0. The Hall–Kier alpha value is -3.67.